The highest BCUT2D eigenvalue weighted by Crippen LogP contribution is 2.44. The molecule has 1 aliphatic carbocycles. The number of halogens is 1. The van der Waals surface area contributed by atoms with Gasteiger partial charge in [-0.25, -0.2) is 4.39 Å². The number of amides is 1. The van der Waals surface area contributed by atoms with Gasteiger partial charge in [-0.3, -0.25) is 4.79 Å². The summed E-state index contributed by atoms with van der Waals surface area (Å²) in [6, 6.07) is 11.0. The second kappa shape index (κ2) is 9.09. The highest BCUT2D eigenvalue weighted by molar-refractivity contribution is 5.77. The van der Waals surface area contributed by atoms with Crippen molar-refractivity contribution < 1.29 is 18.7 Å². The van der Waals surface area contributed by atoms with Gasteiger partial charge in [0, 0.05) is 13.0 Å². The topological polar surface area (TPSA) is 47.6 Å². The van der Waals surface area contributed by atoms with Crippen molar-refractivity contribution in [3.05, 3.63) is 58.9 Å². The first-order chi connectivity index (χ1) is 13.5. The molecule has 4 nitrogen and oxygen atoms in total. The standard InChI is InChI=1S/C23H28FNO3/c1-15-12-18(7-8-20(15)24)19(17-5-6-17)14-23(26)25-11-10-16-4-9-21(27-2)22(13-16)28-3/h4,7-9,12-13,17,19H,5-6,10-11,14H2,1-3H3,(H,25,26). The van der Waals surface area contributed by atoms with Gasteiger partial charge < -0.3 is 14.8 Å². The number of methoxy groups -OCH3 is 2. The Bertz CT molecular complexity index is 833. The lowest BCUT2D eigenvalue weighted by Crippen LogP contribution is -2.27. The molecular weight excluding hydrogens is 357 g/mol. The van der Waals surface area contributed by atoms with Gasteiger partial charge in [0.1, 0.15) is 5.82 Å². The van der Waals surface area contributed by atoms with Crippen LogP contribution >= 0.6 is 0 Å². The predicted octanol–water partition coefficient (Wildman–Crippen LogP) is 4.39. The van der Waals surface area contributed by atoms with E-state index in [9.17, 15) is 9.18 Å². The Morgan fingerprint density at radius 3 is 2.54 bits per heavy atom. The average molecular weight is 385 g/mol. The summed E-state index contributed by atoms with van der Waals surface area (Å²) in [5.74, 6) is 1.92. The van der Waals surface area contributed by atoms with Crippen molar-refractivity contribution in [2.75, 3.05) is 20.8 Å². The Morgan fingerprint density at radius 1 is 1.14 bits per heavy atom. The number of ether oxygens (including phenoxy) is 2. The molecule has 0 saturated heterocycles. The van der Waals surface area contributed by atoms with Gasteiger partial charge in [0.25, 0.3) is 0 Å². The number of carbonyl (C=O) groups excluding carboxylic acids is 1. The van der Waals surface area contributed by atoms with Crippen molar-refractivity contribution in [1.29, 1.82) is 0 Å². The van der Waals surface area contributed by atoms with Crippen LogP contribution < -0.4 is 14.8 Å². The zero-order valence-corrected chi connectivity index (χ0v) is 16.8. The summed E-state index contributed by atoms with van der Waals surface area (Å²) in [5.41, 5.74) is 2.78. The fourth-order valence-corrected chi connectivity index (χ4v) is 3.61. The number of hydrogen-bond acceptors (Lipinski definition) is 3. The molecule has 1 fully saturated rings. The third-order valence-electron chi connectivity index (χ3n) is 5.39. The maximum atomic E-state index is 13.6. The summed E-state index contributed by atoms with van der Waals surface area (Å²) in [4.78, 5) is 12.5. The van der Waals surface area contributed by atoms with Crippen LogP contribution in [0.25, 0.3) is 0 Å². The smallest absolute Gasteiger partial charge is 0.220 e. The first kappa shape index (κ1) is 20.2. The largest absolute Gasteiger partial charge is 0.493 e. The van der Waals surface area contributed by atoms with Gasteiger partial charge in [-0.2, -0.15) is 0 Å². The zero-order chi connectivity index (χ0) is 20.1. The summed E-state index contributed by atoms with van der Waals surface area (Å²) >= 11 is 0. The minimum Gasteiger partial charge on any atom is -0.493 e. The fraction of sp³-hybridized carbons (Fsp3) is 0.435. The normalized spacial score (nSPS) is 14.4. The van der Waals surface area contributed by atoms with Gasteiger partial charge in [0.15, 0.2) is 11.5 Å². The molecular formula is C23H28FNO3. The second-order valence-electron chi connectivity index (χ2n) is 7.45. The molecule has 1 saturated carbocycles. The van der Waals surface area contributed by atoms with Crippen LogP contribution in [0.5, 0.6) is 11.5 Å². The number of hydrogen-bond donors (Lipinski definition) is 1. The predicted molar refractivity (Wildman–Crippen MR) is 107 cm³/mol. The fourth-order valence-electron chi connectivity index (χ4n) is 3.61. The van der Waals surface area contributed by atoms with Crippen LogP contribution in [0, 0.1) is 18.7 Å². The first-order valence-corrected chi connectivity index (χ1v) is 9.75. The van der Waals surface area contributed by atoms with Gasteiger partial charge in [-0.15, -0.1) is 0 Å². The van der Waals surface area contributed by atoms with Gasteiger partial charge in [0.05, 0.1) is 14.2 Å². The molecule has 2 aromatic carbocycles. The molecule has 1 unspecified atom stereocenters. The van der Waals surface area contributed by atoms with E-state index in [4.69, 9.17) is 9.47 Å². The van der Waals surface area contributed by atoms with Crippen LogP contribution in [0.4, 0.5) is 4.39 Å². The van der Waals surface area contributed by atoms with E-state index >= 15 is 0 Å². The first-order valence-electron chi connectivity index (χ1n) is 9.75. The van der Waals surface area contributed by atoms with Gasteiger partial charge in [-0.1, -0.05) is 18.2 Å². The molecule has 0 aliphatic heterocycles. The average Bonchev–Trinajstić information content (AvgIpc) is 3.53. The molecule has 0 heterocycles. The number of rotatable bonds is 9. The van der Waals surface area contributed by atoms with Crippen molar-refractivity contribution >= 4 is 5.91 Å². The molecule has 1 atom stereocenters. The van der Waals surface area contributed by atoms with E-state index in [1.54, 1.807) is 21.1 Å². The molecule has 1 N–H and O–H groups in total. The Morgan fingerprint density at radius 2 is 1.89 bits per heavy atom. The van der Waals surface area contributed by atoms with Crippen molar-refractivity contribution in [2.24, 2.45) is 5.92 Å². The number of carbonyl (C=O) groups is 1. The van der Waals surface area contributed by atoms with E-state index in [1.165, 1.54) is 6.07 Å². The van der Waals surface area contributed by atoms with Crippen LogP contribution in [0.3, 0.4) is 0 Å². The summed E-state index contributed by atoms with van der Waals surface area (Å²) in [5, 5.41) is 3.02. The van der Waals surface area contributed by atoms with Gasteiger partial charge in [-0.05, 0) is 72.9 Å². The Labute approximate surface area is 166 Å². The van der Waals surface area contributed by atoms with Crippen LogP contribution in [0.15, 0.2) is 36.4 Å². The Kier molecular flexibility index (Phi) is 6.55. The third-order valence-corrected chi connectivity index (χ3v) is 5.39. The molecule has 0 aromatic heterocycles. The highest BCUT2D eigenvalue weighted by atomic mass is 19.1. The Balaban J connectivity index is 1.55. The van der Waals surface area contributed by atoms with E-state index in [2.05, 4.69) is 5.32 Å². The molecule has 1 amide bonds. The van der Waals surface area contributed by atoms with Crippen LogP contribution in [0.1, 0.15) is 41.9 Å². The van der Waals surface area contributed by atoms with Gasteiger partial charge in [0.2, 0.25) is 5.91 Å². The lowest BCUT2D eigenvalue weighted by molar-refractivity contribution is -0.121. The van der Waals surface area contributed by atoms with E-state index < -0.39 is 0 Å². The molecule has 0 radical (unpaired) electrons. The zero-order valence-electron chi connectivity index (χ0n) is 16.8. The minimum absolute atomic E-state index is 0.0411. The van der Waals surface area contributed by atoms with Crippen LogP contribution in [-0.4, -0.2) is 26.7 Å². The molecule has 0 spiro atoms. The van der Waals surface area contributed by atoms with E-state index in [1.807, 2.05) is 30.3 Å². The second-order valence-corrected chi connectivity index (χ2v) is 7.45. The van der Waals surface area contributed by atoms with E-state index in [0.29, 0.717) is 35.9 Å². The maximum absolute atomic E-state index is 13.6. The molecule has 150 valence electrons. The molecule has 5 heteroatoms. The van der Waals surface area contributed by atoms with Crippen molar-refractivity contribution in [2.45, 2.75) is 38.5 Å². The van der Waals surface area contributed by atoms with Crippen molar-refractivity contribution in [3.8, 4) is 11.5 Å². The van der Waals surface area contributed by atoms with Crippen molar-refractivity contribution in [1.82, 2.24) is 5.32 Å². The third kappa shape index (κ3) is 5.03. The highest BCUT2D eigenvalue weighted by Gasteiger charge is 2.33. The number of nitrogens with one attached hydrogen (secondary N) is 1. The van der Waals surface area contributed by atoms with Crippen LogP contribution in [0.2, 0.25) is 0 Å². The van der Waals surface area contributed by atoms with Crippen molar-refractivity contribution in [3.63, 3.8) is 0 Å². The number of benzene rings is 2. The lowest BCUT2D eigenvalue weighted by atomic mass is 9.89. The Hall–Kier alpha value is -2.56. The number of aryl methyl sites for hydroxylation is 1. The molecule has 0 bridgehead atoms. The minimum atomic E-state index is -0.197. The lowest BCUT2D eigenvalue weighted by Gasteiger charge is -2.17. The molecule has 1 aliphatic rings. The maximum Gasteiger partial charge on any atom is 0.220 e. The van der Waals surface area contributed by atoms with E-state index in [0.717, 1.165) is 30.4 Å². The summed E-state index contributed by atoms with van der Waals surface area (Å²) in [7, 11) is 3.22. The SMILES string of the molecule is COc1ccc(CCNC(=O)CC(c2ccc(F)c(C)c2)C2CC2)cc1OC. The van der Waals surface area contributed by atoms with Gasteiger partial charge >= 0.3 is 0 Å². The van der Waals surface area contributed by atoms with E-state index in [-0.39, 0.29) is 17.6 Å². The molecule has 3 rings (SSSR count). The monoisotopic (exact) mass is 385 g/mol. The molecule has 28 heavy (non-hydrogen) atoms. The quantitative estimate of drug-likeness (QED) is 0.696. The summed E-state index contributed by atoms with van der Waals surface area (Å²) in [6.07, 6.45) is 3.44. The van der Waals surface area contributed by atoms with Crippen LogP contribution in [-0.2, 0) is 11.2 Å². The molecule has 2 aromatic rings. The summed E-state index contributed by atoms with van der Waals surface area (Å²) < 4.78 is 24.1. The summed E-state index contributed by atoms with van der Waals surface area (Å²) in [6.45, 7) is 2.33.